The molecule has 0 aromatic rings. The van der Waals surface area contributed by atoms with Gasteiger partial charge in [-0.05, 0) is 77.0 Å². The van der Waals surface area contributed by atoms with Crippen molar-refractivity contribution in [2.75, 3.05) is 40.9 Å². The molecule has 9 heteroatoms. The Kier molecular flexibility index (Phi) is 60.0. The lowest BCUT2D eigenvalue weighted by Crippen LogP contribution is -2.45. The van der Waals surface area contributed by atoms with Gasteiger partial charge in [0.2, 0.25) is 5.91 Å². The van der Waals surface area contributed by atoms with Gasteiger partial charge in [0.05, 0.1) is 39.9 Å². The number of allylic oxidation sites excluding steroid dienone is 15. The fraction of sp³-hybridized carbons (Fsp3) is 0.764. The molecule has 0 saturated carbocycles. The molecule has 0 spiro atoms. The molecule has 0 aliphatic carbocycles. The smallest absolute Gasteiger partial charge is 0.387 e. The second kappa shape index (κ2) is 62.0. The van der Waals surface area contributed by atoms with Gasteiger partial charge in [0.25, 0.3) is 0 Å². The molecule has 3 unspecified atom stereocenters. The summed E-state index contributed by atoms with van der Waals surface area (Å²) in [5, 5.41) is 14.0. The third kappa shape index (κ3) is 64.8. The summed E-state index contributed by atoms with van der Waals surface area (Å²) in [7, 11) is 1.56. The summed E-state index contributed by atoms with van der Waals surface area (Å²) in [5.74, 6) is -0.184. The van der Waals surface area contributed by atoms with E-state index in [1.807, 2.05) is 27.2 Å². The Balaban J connectivity index is 4.15. The summed E-state index contributed by atoms with van der Waals surface area (Å²) >= 11 is 0. The molecule has 3 N–H and O–H groups in total. The van der Waals surface area contributed by atoms with Crippen molar-refractivity contribution in [2.45, 2.75) is 315 Å². The van der Waals surface area contributed by atoms with Gasteiger partial charge in [-0.3, -0.25) is 13.8 Å². The van der Waals surface area contributed by atoms with Crippen molar-refractivity contribution in [1.82, 2.24) is 5.32 Å². The van der Waals surface area contributed by atoms with E-state index in [1.54, 1.807) is 6.08 Å². The maximum atomic E-state index is 13.0. The first kappa shape index (κ1) is 78.4. The molecular formula is C72H132N2O6P+. The SMILES string of the molecule is CC/C=C\C/C=C\C/C=C\C/C=C\C/C=C\C/C=C\C/C=C\CCCCCCCCCCCC(=O)NC(COP(=O)(O)OCC[N+](C)(C)C)C(O)/C=C/CCCCCCCCCCCCCCCCCCCCCCCCCCCC. The predicted molar refractivity (Wildman–Crippen MR) is 355 cm³/mol. The number of amides is 1. The Labute approximate surface area is 502 Å². The quantitative estimate of drug-likeness (QED) is 0.0243. The minimum atomic E-state index is -4.36. The monoisotopic (exact) mass is 1150 g/mol. The lowest BCUT2D eigenvalue weighted by atomic mass is 10.0. The molecule has 0 fully saturated rings. The van der Waals surface area contributed by atoms with Crippen LogP contribution in [0.3, 0.4) is 0 Å². The molecule has 470 valence electrons. The van der Waals surface area contributed by atoms with Crippen LogP contribution in [0.15, 0.2) is 97.2 Å². The number of phosphoric ester groups is 1. The van der Waals surface area contributed by atoms with E-state index in [2.05, 4.69) is 104 Å². The topological polar surface area (TPSA) is 105 Å². The Bertz CT molecular complexity index is 1640. The molecule has 0 saturated heterocycles. The van der Waals surface area contributed by atoms with E-state index >= 15 is 0 Å². The molecule has 0 radical (unpaired) electrons. The van der Waals surface area contributed by atoms with E-state index in [0.717, 1.165) is 89.9 Å². The first-order chi connectivity index (χ1) is 39.5. The number of hydrogen-bond acceptors (Lipinski definition) is 5. The van der Waals surface area contributed by atoms with Crippen LogP contribution in [-0.4, -0.2) is 73.4 Å². The van der Waals surface area contributed by atoms with Crippen molar-refractivity contribution < 1.29 is 32.9 Å². The summed E-state index contributed by atoms with van der Waals surface area (Å²) in [6, 6.07) is -0.858. The summed E-state index contributed by atoms with van der Waals surface area (Å²) in [6.07, 6.45) is 89.7. The largest absolute Gasteiger partial charge is 0.472 e. The summed E-state index contributed by atoms with van der Waals surface area (Å²) in [6.45, 7) is 4.72. The molecule has 3 atom stereocenters. The normalized spacial score (nSPS) is 14.3. The lowest BCUT2D eigenvalue weighted by Gasteiger charge is -2.25. The van der Waals surface area contributed by atoms with Crippen molar-refractivity contribution in [2.24, 2.45) is 0 Å². The molecule has 0 aliphatic rings. The molecule has 0 bridgehead atoms. The number of rotatable bonds is 62. The van der Waals surface area contributed by atoms with Crippen LogP contribution in [0.4, 0.5) is 0 Å². The van der Waals surface area contributed by atoms with Gasteiger partial charge in [-0.2, -0.15) is 0 Å². The summed E-state index contributed by atoms with van der Waals surface area (Å²) in [4.78, 5) is 23.4. The highest BCUT2D eigenvalue weighted by atomic mass is 31.2. The number of likely N-dealkylation sites (N-methyl/N-ethyl adjacent to an activating group) is 1. The number of phosphoric acid groups is 1. The van der Waals surface area contributed by atoms with Crippen LogP contribution >= 0.6 is 7.82 Å². The van der Waals surface area contributed by atoms with Gasteiger partial charge in [0, 0.05) is 6.42 Å². The molecule has 0 heterocycles. The van der Waals surface area contributed by atoms with Gasteiger partial charge in [-0.1, -0.05) is 317 Å². The van der Waals surface area contributed by atoms with Gasteiger partial charge in [0.15, 0.2) is 0 Å². The molecule has 8 nitrogen and oxygen atoms in total. The number of aliphatic hydroxyl groups is 1. The Morgan fingerprint density at radius 3 is 1.09 bits per heavy atom. The zero-order valence-corrected chi connectivity index (χ0v) is 54.6. The van der Waals surface area contributed by atoms with Crippen LogP contribution in [0.1, 0.15) is 303 Å². The van der Waals surface area contributed by atoms with E-state index in [0.29, 0.717) is 17.4 Å². The van der Waals surface area contributed by atoms with Crippen LogP contribution in [0.5, 0.6) is 0 Å². The molecular weight excluding hydrogens is 1020 g/mol. The standard InChI is InChI=1S/C72H131N2O6P/c1-6-8-10-12-14-16-18-20-22-24-26-28-30-32-34-36-37-38-40-42-44-46-48-50-52-54-56-58-60-62-64-66-72(76)73-70(69-80-81(77,78)79-68-67-74(3,4)5)71(75)65-63-61-59-57-55-53-51-49-47-45-43-41-39-35-33-31-29-27-25-23-21-19-17-15-13-11-9-7-2/h8,10,14,16,20,22,26,28,32,34,37-38,42,44,63,65,70-71,75H,6-7,9,11-13,15,17-19,21,23-25,27,29-31,33,35-36,39-41,43,45-62,64,66-69H2,1-5H3,(H-,73,76,77,78)/p+1/b10-8-,16-14-,22-20-,28-26-,34-32-,38-37-,44-42-,65-63+. The number of nitrogens with zero attached hydrogens (tertiary/aromatic N) is 1. The van der Waals surface area contributed by atoms with Gasteiger partial charge in [-0.15, -0.1) is 0 Å². The third-order valence-corrected chi connectivity index (χ3v) is 16.0. The van der Waals surface area contributed by atoms with Crippen LogP contribution in [0, 0.1) is 0 Å². The van der Waals surface area contributed by atoms with E-state index in [9.17, 15) is 19.4 Å². The average molecular weight is 1150 g/mol. The van der Waals surface area contributed by atoms with Gasteiger partial charge >= 0.3 is 7.82 Å². The zero-order valence-electron chi connectivity index (χ0n) is 53.8. The first-order valence-electron chi connectivity index (χ1n) is 34.1. The third-order valence-electron chi connectivity index (χ3n) is 15.1. The van der Waals surface area contributed by atoms with Crippen molar-refractivity contribution in [1.29, 1.82) is 0 Å². The average Bonchev–Trinajstić information content (AvgIpc) is 3.43. The number of carbonyl (C=O) groups is 1. The van der Waals surface area contributed by atoms with Crippen molar-refractivity contribution in [3.05, 3.63) is 97.2 Å². The second-order valence-corrected chi connectivity index (χ2v) is 25.6. The fourth-order valence-electron chi connectivity index (χ4n) is 9.79. The summed E-state index contributed by atoms with van der Waals surface area (Å²) < 4.78 is 23.8. The highest BCUT2D eigenvalue weighted by Crippen LogP contribution is 2.43. The van der Waals surface area contributed by atoms with E-state index in [-0.39, 0.29) is 19.1 Å². The molecule has 1 amide bonds. The maximum absolute atomic E-state index is 13.0. The number of unbranched alkanes of at least 4 members (excludes halogenated alkanes) is 35. The minimum Gasteiger partial charge on any atom is -0.387 e. The van der Waals surface area contributed by atoms with E-state index in [1.165, 1.54) is 193 Å². The van der Waals surface area contributed by atoms with Crippen LogP contribution in [-0.2, 0) is 18.4 Å². The fourth-order valence-corrected chi connectivity index (χ4v) is 10.5. The number of carbonyl (C=O) groups excluding carboxylic acids is 1. The maximum Gasteiger partial charge on any atom is 0.472 e. The summed E-state index contributed by atoms with van der Waals surface area (Å²) in [5.41, 5.74) is 0. The van der Waals surface area contributed by atoms with Crippen LogP contribution < -0.4 is 5.32 Å². The Hall–Kier alpha value is -2.58. The highest BCUT2D eigenvalue weighted by Gasteiger charge is 2.28. The minimum absolute atomic E-state index is 0.0564. The van der Waals surface area contributed by atoms with Gasteiger partial charge in [-0.25, -0.2) is 4.57 Å². The number of nitrogens with one attached hydrogen (secondary N) is 1. The second-order valence-electron chi connectivity index (χ2n) is 24.2. The Morgan fingerprint density at radius 2 is 0.741 bits per heavy atom. The highest BCUT2D eigenvalue weighted by molar-refractivity contribution is 7.47. The molecule has 0 aromatic carbocycles. The number of hydrogen-bond donors (Lipinski definition) is 3. The van der Waals surface area contributed by atoms with Crippen LogP contribution in [0.2, 0.25) is 0 Å². The number of quaternary nitrogens is 1. The molecule has 81 heavy (non-hydrogen) atoms. The number of aliphatic hydroxyl groups excluding tert-OH is 1. The van der Waals surface area contributed by atoms with E-state index in [4.69, 9.17) is 9.05 Å². The van der Waals surface area contributed by atoms with Gasteiger partial charge in [0.1, 0.15) is 13.2 Å². The molecule has 0 aliphatic heterocycles. The van der Waals surface area contributed by atoms with Crippen LogP contribution in [0.25, 0.3) is 0 Å². The molecule has 0 aromatic heterocycles. The Morgan fingerprint density at radius 1 is 0.432 bits per heavy atom. The van der Waals surface area contributed by atoms with Crippen molar-refractivity contribution in [3.63, 3.8) is 0 Å². The van der Waals surface area contributed by atoms with Gasteiger partial charge < -0.3 is 19.8 Å². The molecule has 0 rings (SSSR count). The predicted octanol–water partition coefficient (Wildman–Crippen LogP) is 21.7. The lowest BCUT2D eigenvalue weighted by molar-refractivity contribution is -0.870. The zero-order chi connectivity index (χ0) is 59.1. The van der Waals surface area contributed by atoms with Crippen molar-refractivity contribution >= 4 is 13.7 Å². The van der Waals surface area contributed by atoms with E-state index < -0.39 is 20.0 Å². The first-order valence-corrected chi connectivity index (χ1v) is 35.6. The van der Waals surface area contributed by atoms with Crippen molar-refractivity contribution in [3.8, 4) is 0 Å².